The highest BCUT2D eigenvalue weighted by atomic mass is 79.9. The second-order valence-electron chi connectivity index (χ2n) is 4.61. The van der Waals surface area contributed by atoms with Crippen molar-refractivity contribution in [3.8, 4) is 0 Å². The Labute approximate surface area is 99.6 Å². The fourth-order valence-corrected chi connectivity index (χ4v) is 3.27. The van der Waals surface area contributed by atoms with E-state index in [1.165, 1.54) is 12.8 Å². The smallest absolute Gasteiger partial charge is 0.0907 e. The summed E-state index contributed by atoms with van der Waals surface area (Å²) in [5.74, 6) is 0.413. The minimum atomic E-state index is -0.684. The maximum absolute atomic E-state index is 10.6. The second kappa shape index (κ2) is 4.26. The lowest BCUT2D eigenvalue weighted by atomic mass is 9.82. The SMILES string of the molecule is CC(O)(c1ccccc1Br)C1CCCC1. The van der Waals surface area contributed by atoms with Gasteiger partial charge in [-0.3, -0.25) is 0 Å². The molecule has 1 unspecified atom stereocenters. The highest BCUT2D eigenvalue weighted by Crippen LogP contribution is 2.42. The highest BCUT2D eigenvalue weighted by molar-refractivity contribution is 9.10. The summed E-state index contributed by atoms with van der Waals surface area (Å²) in [6, 6.07) is 7.99. The van der Waals surface area contributed by atoms with Crippen LogP contribution in [-0.2, 0) is 5.60 Å². The lowest BCUT2D eigenvalue weighted by Crippen LogP contribution is -2.30. The van der Waals surface area contributed by atoms with Crippen LogP contribution in [0.4, 0.5) is 0 Å². The Hall–Kier alpha value is -0.340. The Balaban J connectivity index is 2.31. The molecule has 0 heterocycles. The predicted octanol–water partition coefficient (Wildman–Crippen LogP) is 3.85. The highest BCUT2D eigenvalue weighted by Gasteiger charge is 2.36. The minimum absolute atomic E-state index is 0.413. The monoisotopic (exact) mass is 268 g/mol. The summed E-state index contributed by atoms with van der Waals surface area (Å²) in [6.45, 7) is 1.95. The predicted molar refractivity (Wildman–Crippen MR) is 65.7 cm³/mol. The topological polar surface area (TPSA) is 20.2 Å². The lowest BCUT2D eigenvalue weighted by Gasteiger charge is -2.31. The van der Waals surface area contributed by atoms with E-state index in [4.69, 9.17) is 0 Å². The molecule has 0 bridgehead atoms. The zero-order valence-electron chi connectivity index (χ0n) is 9.04. The third-order valence-electron chi connectivity index (χ3n) is 3.57. The number of rotatable bonds is 2. The summed E-state index contributed by atoms with van der Waals surface area (Å²) in [7, 11) is 0. The number of benzene rings is 1. The molecule has 1 aromatic rings. The van der Waals surface area contributed by atoms with E-state index < -0.39 is 5.60 Å². The molecule has 1 fully saturated rings. The van der Waals surface area contributed by atoms with Gasteiger partial charge in [0.2, 0.25) is 0 Å². The molecule has 0 radical (unpaired) electrons. The fourth-order valence-electron chi connectivity index (χ4n) is 2.58. The molecule has 0 spiro atoms. The Morgan fingerprint density at radius 1 is 1.27 bits per heavy atom. The first-order valence-electron chi connectivity index (χ1n) is 5.60. The molecule has 1 saturated carbocycles. The van der Waals surface area contributed by atoms with Gasteiger partial charge in [0.1, 0.15) is 0 Å². The van der Waals surface area contributed by atoms with Gasteiger partial charge >= 0.3 is 0 Å². The maximum atomic E-state index is 10.6. The molecule has 0 amide bonds. The first-order valence-corrected chi connectivity index (χ1v) is 6.39. The van der Waals surface area contributed by atoms with Gasteiger partial charge in [0.25, 0.3) is 0 Å². The van der Waals surface area contributed by atoms with Crippen molar-refractivity contribution in [3.05, 3.63) is 34.3 Å². The lowest BCUT2D eigenvalue weighted by molar-refractivity contribution is -0.00398. The molecule has 2 heteroatoms. The van der Waals surface area contributed by atoms with E-state index in [1.807, 2.05) is 31.2 Å². The summed E-state index contributed by atoms with van der Waals surface area (Å²) in [6.07, 6.45) is 4.80. The fraction of sp³-hybridized carbons (Fsp3) is 0.538. The van der Waals surface area contributed by atoms with Gasteiger partial charge in [0, 0.05) is 4.47 Å². The molecule has 1 aromatic carbocycles. The van der Waals surface area contributed by atoms with Gasteiger partial charge in [0.15, 0.2) is 0 Å². The van der Waals surface area contributed by atoms with E-state index in [2.05, 4.69) is 15.9 Å². The van der Waals surface area contributed by atoms with Crippen LogP contribution in [-0.4, -0.2) is 5.11 Å². The number of halogens is 1. The molecule has 1 aliphatic carbocycles. The van der Waals surface area contributed by atoms with Gasteiger partial charge < -0.3 is 5.11 Å². The zero-order valence-corrected chi connectivity index (χ0v) is 10.6. The van der Waals surface area contributed by atoms with E-state index in [-0.39, 0.29) is 0 Å². The zero-order chi connectivity index (χ0) is 10.9. The largest absolute Gasteiger partial charge is 0.385 e. The summed E-state index contributed by atoms with van der Waals surface area (Å²) in [5.41, 5.74) is 0.341. The molecule has 0 aromatic heterocycles. The Morgan fingerprint density at radius 2 is 1.87 bits per heavy atom. The normalized spacial score (nSPS) is 21.5. The van der Waals surface area contributed by atoms with Crippen molar-refractivity contribution in [2.75, 3.05) is 0 Å². The standard InChI is InChI=1S/C13H17BrO/c1-13(15,10-6-2-3-7-10)11-8-4-5-9-12(11)14/h4-5,8-10,15H,2-3,6-7H2,1H3. The molecule has 82 valence electrons. The van der Waals surface area contributed by atoms with Crippen molar-refractivity contribution in [2.45, 2.75) is 38.2 Å². The summed E-state index contributed by atoms with van der Waals surface area (Å²) < 4.78 is 1.02. The van der Waals surface area contributed by atoms with Crippen molar-refractivity contribution < 1.29 is 5.11 Å². The maximum Gasteiger partial charge on any atom is 0.0907 e. The van der Waals surface area contributed by atoms with Gasteiger partial charge in [-0.1, -0.05) is 47.0 Å². The molecule has 2 rings (SSSR count). The van der Waals surface area contributed by atoms with Crippen LogP contribution in [0, 0.1) is 5.92 Å². The van der Waals surface area contributed by atoms with Crippen LogP contribution in [0.2, 0.25) is 0 Å². The molecule has 1 nitrogen and oxygen atoms in total. The molecular weight excluding hydrogens is 252 g/mol. The summed E-state index contributed by atoms with van der Waals surface area (Å²) >= 11 is 3.52. The molecular formula is C13H17BrO. The summed E-state index contributed by atoms with van der Waals surface area (Å²) in [5, 5.41) is 10.6. The van der Waals surface area contributed by atoms with Gasteiger partial charge in [-0.15, -0.1) is 0 Å². The molecule has 1 aliphatic rings. The van der Waals surface area contributed by atoms with Gasteiger partial charge in [-0.2, -0.15) is 0 Å². The van der Waals surface area contributed by atoms with Crippen LogP contribution in [0.25, 0.3) is 0 Å². The van der Waals surface area contributed by atoms with E-state index >= 15 is 0 Å². The second-order valence-corrected chi connectivity index (χ2v) is 5.46. The van der Waals surface area contributed by atoms with Crippen LogP contribution in [0.1, 0.15) is 38.2 Å². The van der Waals surface area contributed by atoms with E-state index in [9.17, 15) is 5.11 Å². The minimum Gasteiger partial charge on any atom is -0.385 e. The Bertz CT molecular complexity index is 340. The molecule has 1 atom stereocenters. The van der Waals surface area contributed by atoms with Crippen molar-refractivity contribution in [1.29, 1.82) is 0 Å². The molecule has 15 heavy (non-hydrogen) atoms. The van der Waals surface area contributed by atoms with Gasteiger partial charge in [-0.25, -0.2) is 0 Å². The summed E-state index contributed by atoms with van der Waals surface area (Å²) in [4.78, 5) is 0. The number of hydrogen-bond donors (Lipinski definition) is 1. The quantitative estimate of drug-likeness (QED) is 0.864. The number of hydrogen-bond acceptors (Lipinski definition) is 1. The van der Waals surface area contributed by atoms with Gasteiger partial charge in [0.05, 0.1) is 5.60 Å². The first kappa shape index (κ1) is 11.2. The van der Waals surface area contributed by atoms with Crippen molar-refractivity contribution in [1.82, 2.24) is 0 Å². The van der Waals surface area contributed by atoms with Crippen molar-refractivity contribution >= 4 is 15.9 Å². The number of aliphatic hydroxyl groups is 1. The van der Waals surface area contributed by atoms with Crippen LogP contribution in [0.15, 0.2) is 28.7 Å². The Morgan fingerprint density at radius 3 is 2.47 bits per heavy atom. The van der Waals surface area contributed by atoms with E-state index in [0.29, 0.717) is 5.92 Å². The van der Waals surface area contributed by atoms with E-state index in [1.54, 1.807) is 0 Å². The van der Waals surface area contributed by atoms with E-state index in [0.717, 1.165) is 22.9 Å². The van der Waals surface area contributed by atoms with Crippen molar-refractivity contribution in [3.63, 3.8) is 0 Å². The van der Waals surface area contributed by atoms with Crippen LogP contribution in [0.3, 0.4) is 0 Å². The molecule has 0 saturated heterocycles. The van der Waals surface area contributed by atoms with Crippen LogP contribution >= 0.6 is 15.9 Å². The third-order valence-corrected chi connectivity index (χ3v) is 4.26. The average Bonchev–Trinajstić information content (AvgIpc) is 2.71. The van der Waals surface area contributed by atoms with Gasteiger partial charge in [-0.05, 0) is 37.3 Å². The van der Waals surface area contributed by atoms with Crippen LogP contribution < -0.4 is 0 Å². The third kappa shape index (κ3) is 2.11. The molecule has 1 N–H and O–H groups in total. The van der Waals surface area contributed by atoms with Crippen molar-refractivity contribution in [2.24, 2.45) is 5.92 Å². The van der Waals surface area contributed by atoms with Crippen LogP contribution in [0.5, 0.6) is 0 Å². The molecule has 0 aliphatic heterocycles. The Kier molecular flexibility index (Phi) is 3.17. The average molecular weight is 269 g/mol. The first-order chi connectivity index (χ1) is 7.12.